The van der Waals surface area contributed by atoms with Crippen molar-refractivity contribution in [1.29, 1.82) is 0 Å². The van der Waals surface area contributed by atoms with Crippen LogP contribution in [0.3, 0.4) is 0 Å². The molecule has 2 saturated heterocycles. The molecule has 0 unspecified atom stereocenters. The van der Waals surface area contributed by atoms with Crippen molar-refractivity contribution < 1.29 is 4.79 Å². The Bertz CT molecular complexity index is 583. The molecule has 6 heteroatoms. The molecule has 0 aromatic carbocycles. The van der Waals surface area contributed by atoms with Crippen molar-refractivity contribution in [2.24, 2.45) is 0 Å². The van der Waals surface area contributed by atoms with Gasteiger partial charge in [0.25, 0.3) is 5.91 Å². The molecule has 0 aliphatic carbocycles. The monoisotopic (exact) mass is 331 g/mol. The van der Waals surface area contributed by atoms with Crippen molar-refractivity contribution >= 4 is 5.91 Å². The second-order valence-electron chi connectivity index (χ2n) is 7.03. The third-order valence-corrected chi connectivity index (χ3v) is 5.11. The zero-order valence-corrected chi connectivity index (χ0v) is 15.2. The molecule has 1 aromatic heterocycles. The highest BCUT2D eigenvalue weighted by molar-refractivity contribution is 5.92. The van der Waals surface area contributed by atoms with E-state index >= 15 is 0 Å². The summed E-state index contributed by atoms with van der Waals surface area (Å²) in [4.78, 5) is 28.8. The number of likely N-dealkylation sites (tertiary alicyclic amines) is 1. The number of aryl methyl sites for hydroxylation is 1. The van der Waals surface area contributed by atoms with E-state index in [4.69, 9.17) is 0 Å². The quantitative estimate of drug-likeness (QED) is 0.841. The number of nitrogens with zero attached hydrogens (tertiary/aromatic N) is 5. The summed E-state index contributed by atoms with van der Waals surface area (Å²) < 4.78 is 0. The van der Waals surface area contributed by atoms with E-state index in [0.717, 1.165) is 63.6 Å². The van der Waals surface area contributed by atoms with Crippen LogP contribution < -0.4 is 0 Å². The molecule has 1 amide bonds. The van der Waals surface area contributed by atoms with Crippen LogP contribution in [0.4, 0.5) is 0 Å². The van der Waals surface area contributed by atoms with Gasteiger partial charge in [-0.25, -0.2) is 9.97 Å². The van der Waals surface area contributed by atoms with Gasteiger partial charge in [-0.1, -0.05) is 6.92 Å². The standard InChI is InChI=1S/C18H29N5O/c1-4-7-22-9-11-23(12-10-22)18(24)15-13-14(2)19-17(20-15)16-6-5-8-21(16)3/h13,16H,4-12H2,1-3H3/t16-/m1/s1. The van der Waals surface area contributed by atoms with E-state index in [-0.39, 0.29) is 11.9 Å². The van der Waals surface area contributed by atoms with Crippen LogP contribution in [0.2, 0.25) is 0 Å². The average molecular weight is 331 g/mol. The van der Waals surface area contributed by atoms with Gasteiger partial charge in [0, 0.05) is 31.9 Å². The van der Waals surface area contributed by atoms with Crippen molar-refractivity contribution in [2.75, 3.05) is 46.3 Å². The number of hydrogen-bond acceptors (Lipinski definition) is 5. The second kappa shape index (κ2) is 7.57. The van der Waals surface area contributed by atoms with Gasteiger partial charge in [0.1, 0.15) is 11.5 Å². The number of carbonyl (C=O) groups is 1. The predicted octanol–water partition coefficient (Wildman–Crippen LogP) is 1.72. The highest BCUT2D eigenvalue weighted by atomic mass is 16.2. The number of rotatable bonds is 4. The molecule has 132 valence electrons. The lowest BCUT2D eigenvalue weighted by Gasteiger charge is -2.34. The van der Waals surface area contributed by atoms with E-state index in [1.54, 1.807) is 0 Å². The second-order valence-corrected chi connectivity index (χ2v) is 7.03. The first-order chi connectivity index (χ1) is 11.6. The van der Waals surface area contributed by atoms with Crippen LogP contribution >= 0.6 is 0 Å². The molecular weight excluding hydrogens is 302 g/mol. The lowest BCUT2D eigenvalue weighted by molar-refractivity contribution is 0.0630. The summed E-state index contributed by atoms with van der Waals surface area (Å²) >= 11 is 0. The molecule has 0 radical (unpaired) electrons. The Balaban J connectivity index is 1.72. The molecule has 1 aromatic rings. The van der Waals surface area contributed by atoms with Crippen molar-refractivity contribution in [3.63, 3.8) is 0 Å². The van der Waals surface area contributed by atoms with Crippen LogP contribution in [0, 0.1) is 6.92 Å². The molecule has 2 aliphatic rings. The molecule has 3 rings (SSSR count). The zero-order valence-electron chi connectivity index (χ0n) is 15.2. The Labute approximate surface area is 144 Å². The molecule has 3 heterocycles. The van der Waals surface area contributed by atoms with Crippen LogP contribution in [-0.4, -0.2) is 76.9 Å². The summed E-state index contributed by atoms with van der Waals surface area (Å²) in [7, 11) is 2.11. The number of carbonyl (C=O) groups excluding carboxylic acids is 1. The molecular formula is C18H29N5O. The fourth-order valence-electron chi connectivity index (χ4n) is 3.74. The molecule has 0 bridgehead atoms. The molecule has 6 nitrogen and oxygen atoms in total. The van der Waals surface area contributed by atoms with Gasteiger partial charge in [0.2, 0.25) is 0 Å². The minimum absolute atomic E-state index is 0.0542. The Morgan fingerprint density at radius 2 is 1.96 bits per heavy atom. The van der Waals surface area contributed by atoms with E-state index in [1.807, 2.05) is 17.9 Å². The van der Waals surface area contributed by atoms with Crippen LogP contribution in [-0.2, 0) is 0 Å². The van der Waals surface area contributed by atoms with E-state index < -0.39 is 0 Å². The zero-order chi connectivity index (χ0) is 17.1. The SMILES string of the molecule is CCCN1CCN(C(=O)c2cc(C)nc([C@H]3CCCN3C)n2)CC1. The van der Waals surface area contributed by atoms with Gasteiger partial charge in [-0.05, 0) is 52.4 Å². The molecule has 24 heavy (non-hydrogen) atoms. The average Bonchev–Trinajstić information content (AvgIpc) is 3.01. The fourth-order valence-corrected chi connectivity index (χ4v) is 3.74. The minimum atomic E-state index is 0.0542. The topological polar surface area (TPSA) is 52.6 Å². The highest BCUT2D eigenvalue weighted by Gasteiger charge is 2.28. The number of piperazine rings is 1. The molecule has 0 spiro atoms. The molecule has 1 atom stereocenters. The molecule has 2 fully saturated rings. The Kier molecular flexibility index (Phi) is 5.46. The Morgan fingerprint density at radius 3 is 2.58 bits per heavy atom. The van der Waals surface area contributed by atoms with Crippen LogP contribution in [0.1, 0.15) is 54.2 Å². The molecule has 0 N–H and O–H groups in total. The van der Waals surface area contributed by atoms with Crippen LogP contribution in [0.25, 0.3) is 0 Å². The minimum Gasteiger partial charge on any atom is -0.335 e. The first kappa shape index (κ1) is 17.3. The third kappa shape index (κ3) is 3.75. The molecule has 2 aliphatic heterocycles. The van der Waals surface area contributed by atoms with Gasteiger partial charge in [-0.15, -0.1) is 0 Å². The summed E-state index contributed by atoms with van der Waals surface area (Å²) in [6.07, 6.45) is 3.40. The van der Waals surface area contributed by atoms with Crippen molar-refractivity contribution in [3.8, 4) is 0 Å². The first-order valence-electron chi connectivity index (χ1n) is 9.16. The summed E-state index contributed by atoms with van der Waals surface area (Å²) in [6, 6.07) is 2.08. The lowest BCUT2D eigenvalue weighted by Crippen LogP contribution is -2.49. The van der Waals surface area contributed by atoms with Gasteiger partial charge in [-0.2, -0.15) is 0 Å². The van der Waals surface area contributed by atoms with Gasteiger partial charge < -0.3 is 4.90 Å². The van der Waals surface area contributed by atoms with Crippen LogP contribution in [0.15, 0.2) is 6.07 Å². The maximum absolute atomic E-state index is 12.9. The normalized spacial score (nSPS) is 23.0. The summed E-state index contributed by atoms with van der Waals surface area (Å²) in [5.74, 6) is 0.863. The highest BCUT2D eigenvalue weighted by Crippen LogP contribution is 2.28. The van der Waals surface area contributed by atoms with Gasteiger partial charge in [-0.3, -0.25) is 14.6 Å². The van der Waals surface area contributed by atoms with E-state index in [2.05, 4.69) is 33.7 Å². The van der Waals surface area contributed by atoms with E-state index in [0.29, 0.717) is 5.69 Å². The third-order valence-electron chi connectivity index (χ3n) is 5.11. The van der Waals surface area contributed by atoms with Gasteiger partial charge >= 0.3 is 0 Å². The number of amides is 1. The smallest absolute Gasteiger partial charge is 0.272 e. The largest absolute Gasteiger partial charge is 0.335 e. The lowest BCUT2D eigenvalue weighted by atomic mass is 10.2. The van der Waals surface area contributed by atoms with Crippen molar-refractivity contribution in [1.82, 2.24) is 24.7 Å². The maximum Gasteiger partial charge on any atom is 0.272 e. The molecule has 0 saturated carbocycles. The Hall–Kier alpha value is -1.53. The fraction of sp³-hybridized carbons (Fsp3) is 0.722. The van der Waals surface area contributed by atoms with Crippen LogP contribution in [0.5, 0.6) is 0 Å². The van der Waals surface area contributed by atoms with Crippen molar-refractivity contribution in [2.45, 2.75) is 39.2 Å². The van der Waals surface area contributed by atoms with Crippen molar-refractivity contribution in [3.05, 3.63) is 23.3 Å². The first-order valence-corrected chi connectivity index (χ1v) is 9.16. The summed E-state index contributed by atoms with van der Waals surface area (Å²) in [6.45, 7) is 9.85. The number of hydrogen-bond donors (Lipinski definition) is 0. The van der Waals surface area contributed by atoms with E-state index in [9.17, 15) is 4.79 Å². The number of aromatic nitrogens is 2. The van der Waals surface area contributed by atoms with Gasteiger partial charge in [0.05, 0.1) is 6.04 Å². The summed E-state index contributed by atoms with van der Waals surface area (Å²) in [5.41, 5.74) is 1.44. The predicted molar refractivity (Wildman–Crippen MR) is 94.0 cm³/mol. The van der Waals surface area contributed by atoms with Gasteiger partial charge in [0.15, 0.2) is 0 Å². The maximum atomic E-state index is 12.9. The summed E-state index contributed by atoms with van der Waals surface area (Å²) in [5, 5.41) is 0. The van der Waals surface area contributed by atoms with E-state index in [1.165, 1.54) is 6.42 Å². The Morgan fingerprint density at radius 1 is 1.21 bits per heavy atom.